The molecule has 1 amide bonds. The molecule has 0 aliphatic rings. The number of pyridine rings is 1. The Morgan fingerprint density at radius 1 is 1.13 bits per heavy atom. The standard InChI is InChI=1S/C23H22ClN3OS2/c1-5-18(22(28)27-23-25-17-7-6-15(24)11-19(17)30-23)29-20-10-13(3)16-9-12(2)8-14(4)21(16)26-20/h6-11,18H,5H2,1-4H3,(H,25,27,28). The van der Waals surface area contributed by atoms with E-state index in [1.54, 1.807) is 6.07 Å². The van der Waals surface area contributed by atoms with E-state index in [2.05, 4.69) is 49.3 Å². The maximum Gasteiger partial charge on any atom is 0.239 e. The molecule has 4 nitrogen and oxygen atoms in total. The number of nitrogens with one attached hydrogen (secondary N) is 1. The molecule has 1 N–H and O–H groups in total. The Bertz CT molecular complexity index is 1270. The number of fused-ring (bicyclic) bond motifs is 2. The van der Waals surface area contributed by atoms with Gasteiger partial charge in [-0.15, -0.1) is 0 Å². The zero-order valence-electron chi connectivity index (χ0n) is 17.2. The van der Waals surface area contributed by atoms with Gasteiger partial charge >= 0.3 is 0 Å². The second-order valence-electron chi connectivity index (χ2n) is 7.39. The number of hydrogen-bond donors (Lipinski definition) is 1. The number of carbonyl (C=O) groups excluding carboxylic acids is 1. The molecule has 1 atom stereocenters. The van der Waals surface area contributed by atoms with Crippen molar-refractivity contribution in [2.45, 2.75) is 44.4 Å². The van der Waals surface area contributed by atoms with Gasteiger partial charge < -0.3 is 5.32 Å². The first-order valence-corrected chi connectivity index (χ1v) is 11.8. The van der Waals surface area contributed by atoms with Crippen LogP contribution in [0.1, 0.15) is 30.0 Å². The van der Waals surface area contributed by atoms with Crippen LogP contribution in [-0.2, 0) is 4.79 Å². The molecule has 0 fully saturated rings. The molecule has 7 heteroatoms. The van der Waals surface area contributed by atoms with Gasteiger partial charge in [0.15, 0.2) is 5.13 Å². The summed E-state index contributed by atoms with van der Waals surface area (Å²) >= 11 is 8.98. The monoisotopic (exact) mass is 455 g/mol. The van der Waals surface area contributed by atoms with Gasteiger partial charge in [0, 0.05) is 10.4 Å². The zero-order valence-corrected chi connectivity index (χ0v) is 19.6. The van der Waals surface area contributed by atoms with Gasteiger partial charge in [-0.1, -0.05) is 53.3 Å². The Balaban J connectivity index is 1.57. The van der Waals surface area contributed by atoms with Crippen LogP contribution in [0.5, 0.6) is 0 Å². The van der Waals surface area contributed by atoms with Crippen molar-refractivity contribution >= 4 is 66.9 Å². The van der Waals surface area contributed by atoms with Gasteiger partial charge in [-0.25, -0.2) is 9.97 Å². The third kappa shape index (κ3) is 4.31. The van der Waals surface area contributed by atoms with Gasteiger partial charge in [0.25, 0.3) is 0 Å². The number of rotatable bonds is 5. The Kier molecular flexibility index (Phi) is 6.00. The van der Waals surface area contributed by atoms with Crippen molar-refractivity contribution in [3.05, 3.63) is 58.1 Å². The molecule has 0 aliphatic heterocycles. The lowest BCUT2D eigenvalue weighted by Crippen LogP contribution is -2.24. The number of thiazole rings is 1. The highest BCUT2D eigenvalue weighted by molar-refractivity contribution is 8.00. The van der Waals surface area contributed by atoms with Crippen molar-refractivity contribution in [3.63, 3.8) is 0 Å². The fourth-order valence-corrected chi connectivity index (χ4v) is 5.64. The summed E-state index contributed by atoms with van der Waals surface area (Å²) in [7, 11) is 0. The van der Waals surface area contributed by atoms with Crippen molar-refractivity contribution in [1.29, 1.82) is 0 Å². The molecule has 4 aromatic rings. The number of amides is 1. The Morgan fingerprint density at radius 3 is 2.70 bits per heavy atom. The molecule has 0 radical (unpaired) electrons. The highest BCUT2D eigenvalue weighted by atomic mass is 35.5. The lowest BCUT2D eigenvalue weighted by atomic mass is 10.0. The average Bonchev–Trinajstić information content (AvgIpc) is 3.08. The first-order valence-electron chi connectivity index (χ1n) is 9.76. The molecule has 0 saturated carbocycles. The summed E-state index contributed by atoms with van der Waals surface area (Å²) in [5.41, 5.74) is 5.39. The fourth-order valence-electron chi connectivity index (χ4n) is 3.48. The van der Waals surface area contributed by atoms with E-state index in [4.69, 9.17) is 16.6 Å². The van der Waals surface area contributed by atoms with E-state index in [1.807, 2.05) is 19.1 Å². The SMILES string of the molecule is CCC(Sc1cc(C)c2cc(C)cc(C)c2n1)C(=O)Nc1nc2ccc(Cl)cc2s1. The van der Waals surface area contributed by atoms with Crippen molar-refractivity contribution < 1.29 is 4.79 Å². The van der Waals surface area contributed by atoms with Gasteiger partial charge in [-0.3, -0.25) is 4.79 Å². The second-order valence-corrected chi connectivity index (χ2v) is 10.1. The number of anilines is 1. The number of hydrogen-bond acceptors (Lipinski definition) is 5. The van der Waals surface area contributed by atoms with Gasteiger partial charge in [0.05, 0.1) is 26.0 Å². The van der Waals surface area contributed by atoms with Crippen LogP contribution >= 0.6 is 34.7 Å². The topological polar surface area (TPSA) is 54.9 Å². The van der Waals surface area contributed by atoms with E-state index < -0.39 is 0 Å². The quantitative estimate of drug-likeness (QED) is 0.331. The minimum atomic E-state index is -0.254. The normalized spacial score (nSPS) is 12.4. The molecule has 2 heterocycles. The number of nitrogens with zero attached hydrogens (tertiary/aromatic N) is 2. The molecule has 0 aliphatic carbocycles. The highest BCUT2D eigenvalue weighted by Gasteiger charge is 2.21. The van der Waals surface area contributed by atoms with E-state index in [1.165, 1.54) is 39.6 Å². The summed E-state index contributed by atoms with van der Waals surface area (Å²) in [5.74, 6) is -0.0622. The second kappa shape index (κ2) is 8.53. The number of thioether (sulfide) groups is 1. The van der Waals surface area contributed by atoms with Gasteiger partial charge in [-0.05, 0) is 68.7 Å². The Hall–Kier alpha value is -2.15. The molecule has 2 aromatic carbocycles. The summed E-state index contributed by atoms with van der Waals surface area (Å²) in [6, 6.07) is 11.9. The van der Waals surface area contributed by atoms with E-state index in [-0.39, 0.29) is 11.2 Å². The van der Waals surface area contributed by atoms with Crippen LogP contribution in [0.2, 0.25) is 5.02 Å². The summed E-state index contributed by atoms with van der Waals surface area (Å²) in [6.07, 6.45) is 0.693. The molecular formula is C23H22ClN3OS2. The molecule has 30 heavy (non-hydrogen) atoms. The zero-order chi connectivity index (χ0) is 21.4. The smallest absolute Gasteiger partial charge is 0.239 e. The molecule has 1 unspecified atom stereocenters. The third-order valence-electron chi connectivity index (χ3n) is 4.94. The Labute approximate surface area is 189 Å². The van der Waals surface area contributed by atoms with Crippen LogP contribution in [0.4, 0.5) is 5.13 Å². The highest BCUT2D eigenvalue weighted by Crippen LogP contribution is 2.32. The minimum Gasteiger partial charge on any atom is -0.301 e. The van der Waals surface area contributed by atoms with Crippen molar-refractivity contribution in [3.8, 4) is 0 Å². The summed E-state index contributed by atoms with van der Waals surface area (Å²) < 4.78 is 0.955. The summed E-state index contributed by atoms with van der Waals surface area (Å²) in [5, 5.41) is 6.00. The number of halogens is 1. The van der Waals surface area contributed by atoms with E-state index in [0.717, 1.165) is 26.3 Å². The molecule has 4 rings (SSSR count). The van der Waals surface area contributed by atoms with E-state index >= 15 is 0 Å². The Morgan fingerprint density at radius 2 is 1.93 bits per heavy atom. The predicted octanol–water partition coefficient (Wildman–Crippen LogP) is 6.93. The molecule has 0 saturated heterocycles. The van der Waals surface area contributed by atoms with Gasteiger partial charge in [0.1, 0.15) is 0 Å². The first kappa shape index (κ1) is 21.1. The number of benzene rings is 2. The van der Waals surface area contributed by atoms with Crippen LogP contribution in [0.25, 0.3) is 21.1 Å². The maximum atomic E-state index is 12.9. The van der Waals surface area contributed by atoms with Crippen molar-refractivity contribution in [2.75, 3.05) is 5.32 Å². The molecule has 0 bridgehead atoms. The van der Waals surface area contributed by atoms with Crippen LogP contribution in [-0.4, -0.2) is 21.1 Å². The average molecular weight is 456 g/mol. The maximum absolute atomic E-state index is 12.9. The molecule has 154 valence electrons. The fraction of sp³-hybridized carbons (Fsp3) is 0.261. The number of carbonyl (C=O) groups is 1. The van der Waals surface area contributed by atoms with Crippen LogP contribution in [0.15, 0.2) is 41.4 Å². The first-order chi connectivity index (χ1) is 14.3. The predicted molar refractivity (Wildman–Crippen MR) is 129 cm³/mol. The largest absolute Gasteiger partial charge is 0.301 e. The van der Waals surface area contributed by atoms with E-state index in [0.29, 0.717) is 16.6 Å². The van der Waals surface area contributed by atoms with E-state index in [9.17, 15) is 4.79 Å². The number of aryl methyl sites for hydroxylation is 3. The minimum absolute atomic E-state index is 0.0622. The summed E-state index contributed by atoms with van der Waals surface area (Å²) in [6.45, 7) is 8.29. The van der Waals surface area contributed by atoms with Crippen LogP contribution in [0, 0.1) is 20.8 Å². The van der Waals surface area contributed by atoms with Crippen LogP contribution in [0.3, 0.4) is 0 Å². The molecular weight excluding hydrogens is 434 g/mol. The lowest BCUT2D eigenvalue weighted by molar-refractivity contribution is -0.115. The summed E-state index contributed by atoms with van der Waals surface area (Å²) in [4.78, 5) is 22.3. The van der Waals surface area contributed by atoms with Crippen molar-refractivity contribution in [1.82, 2.24) is 9.97 Å². The van der Waals surface area contributed by atoms with Crippen molar-refractivity contribution in [2.24, 2.45) is 0 Å². The lowest BCUT2D eigenvalue weighted by Gasteiger charge is -2.15. The third-order valence-corrected chi connectivity index (χ3v) is 7.39. The van der Waals surface area contributed by atoms with Gasteiger partial charge in [-0.2, -0.15) is 0 Å². The number of aromatic nitrogens is 2. The van der Waals surface area contributed by atoms with Crippen LogP contribution < -0.4 is 5.32 Å². The van der Waals surface area contributed by atoms with Gasteiger partial charge in [0.2, 0.25) is 5.91 Å². The molecule has 0 spiro atoms. The molecule has 2 aromatic heterocycles.